The third-order valence-electron chi connectivity index (χ3n) is 3.58. The summed E-state index contributed by atoms with van der Waals surface area (Å²) in [5.41, 5.74) is 0. The molecule has 1 saturated carbocycles. The van der Waals surface area contributed by atoms with Crippen molar-refractivity contribution in [3.8, 4) is 0 Å². The number of carbonyl (C=O) groups excluding carboxylic acids is 2. The van der Waals surface area contributed by atoms with Gasteiger partial charge in [0.25, 0.3) is 0 Å². The van der Waals surface area contributed by atoms with Crippen LogP contribution in [0, 0.1) is 0 Å². The van der Waals surface area contributed by atoms with Crippen LogP contribution in [0.25, 0.3) is 0 Å². The summed E-state index contributed by atoms with van der Waals surface area (Å²) >= 11 is 0. The lowest BCUT2D eigenvalue weighted by atomic mass is 9.94. The van der Waals surface area contributed by atoms with Gasteiger partial charge >= 0.3 is 11.9 Å². The number of carbonyl (C=O) groups is 2. The van der Waals surface area contributed by atoms with Crippen LogP contribution in [0.4, 0.5) is 0 Å². The molecule has 0 amide bonds. The van der Waals surface area contributed by atoms with Gasteiger partial charge in [0, 0.05) is 0 Å². The molecular weight excluding hydrogens is 280 g/mol. The maximum atomic E-state index is 11.8. The Morgan fingerprint density at radius 3 is 1.59 bits per heavy atom. The van der Waals surface area contributed by atoms with E-state index in [1.54, 1.807) is 0 Å². The third-order valence-corrected chi connectivity index (χ3v) is 3.58. The van der Waals surface area contributed by atoms with Crippen LogP contribution in [-0.2, 0) is 19.1 Å². The quantitative estimate of drug-likeness (QED) is 0.500. The van der Waals surface area contributed by atoms with E-state index >= 15 is 0 Å². The standard InChI is InChI=1S/C18H28O4/c1-3-5-7-13-17(19)21-15-11-9-10-12-16(15)22-18(20)14-8-6-4-2/h5-8,15-16H,3-4,9-14H2,1-2H3/b7-5+,8-6+. The fraction of sp³-hybridized carbons (Fsp3) is 0.667. The van der Waals surface area contributed by atoms with Crippen molar-refractivity contribution in [2.75, 3.05) is 0 Å². The lowest BCUT2D eigenvalue weighted by molar-refractivity contribution is -0.170. The van der Waals surface area contributed by atoms with Gasteiger partial charge < -0.3 is 9.47 Å². The summed E-state index contributed by atoms with van der Waals surface area (Å²) in [5, 5.41) is 0. The average molecular weight is 308 g/mol. The molecule has 4 heteroatoms. The SMILES string of the molecule is CC/C=C/CC(=O)OC1CCCCC1OC(=O)C/C=C/CC. The number of rotatable bonds is 8. The molecule has 0 aromatic rings. The zero-order valence-corrected chi connectivity index (χ0v) is 13.8. The molecule has 0 bridgehead atoms. The third kappa shape index (κ3) is 7.43. The fourth-order valence-corrected chi connectivity index (χ4v) is 2.46. The molecule has 0 aromatic heterocycles. The van der Waals surface area contributed by atoms with Crippen molar-refractivity contribution in [2.24, 2.45) is 0 Å². The zero-order valence-electron chi connectivity index (χ0n) is 13.8. The van der Waals surface area contributed by atoms with Gasteiger partial charge in [0.05, 0.1) is 12.8 Å². The Morgan fingerprint density at radius 2 is 1.23 bits per heavy atom. The topological polar surface area (TPSA) is 52.6 Å². The van der Waals surface area contributed by atoms with Crippen molar-refractivity contribution in [3.63, 3.8) is 0 Å². The molecule has 124 valence electrons. The van der Waals surface area contributed by atoms with Crippen molar-refractivity contribution in [1.29, 1.82) is 0 Å². The Bertz CT molecular complexity index is 360. The van der Waals surface area contributed by atoms with Crippen LogP contribution in [0.15, 0.2) is 24.3 Å². The Hall–Kier alpha value is -1.58. The lowest BCUT2D eigenvalue weighted by Crippen LogP contribution is -2.37. The van der Waals surface area contributed by atoms with E-state index in [4.69, 9.17) is 9.47 Å². The van der Waals surface area contributed by atoms with E-state index in [2.05, 4.69) is 0 Å². The Morgan fingerprint density at radius 1 is 0.818 bits per heavy atom. The Labute approximate surface area is 133 Å². The first-order valence-electron chi connectivity index (χ1n) is 8.36. The van der Waals surface area contributed by atoms with Gasteiger partial charge in [0.15, 0.2) is 0 Å². The molecule has 1 rings (SSSR count). The van der Waals surface area contributed by atoms with Gasteiger partial charge in [-0.2, -0.15) is 0 Å². The molecule has 1 fully saturated rings. The molecular formula is C18H28O4. The van der Waals surface area contributed by atoms with E-state index in [9.17, 15) is 9.59 Å². The Balaban J connectivity index is 2.45. The van der Waals surface area contributed by atoms with Gasteiger partial charge in [0.2, 0.25) is 0 Å². The van der Waals surface area contributed by atoms with E-state index in [0.717, 1.165) is 38.5 Å². The summed E-state index contributed by atoms with van der Waals surface area (Å²) < 4.78 is 11.0. The molecule has 0 aromatic carbocycles. The van der Waals surface area contributed by atoms with Crippen LogP contribution in [0.3, 0.4) is 0 Å². The number of ether oxygens (including phenoxy) is 2. The maximum Gasteiger partial charge on any atom is 0.310 e. The second-order valence-corrected chi connectivity index (χ2v) is 5.51. The highest BCUT2D eigenvalue weighted by molar-refractivity contribution is 5.72. The highest BCUT2D eigenvalue weighted by Crippen LogP contribution is 2.24. The summed E-state index contributed by atoms with van der Waals surface area (Å²) in [7, 11) is 0. The number of allylic oxidation sites excluding steroid dienone is 2. The predicted octanol–water partition coefficient (Wildman–Crippen LogP) is 4.10. The van der Waals surface area contributed by atoms with Gasteiger partial charge in [-0.3, -0.25) is 9.59 Å². The van der Waals surface area contributed by atoms with E-state index in [-0.39, 0.29) is 37.0 Å². The second kappa shape index (κ2) is 11.0. The first kappa shape index (κ1) is 18.5. The van der Waals surface area contributed by atoms with Crippen molar-refractivity contribution in [1.82, 2.24) is 0 Å². The van der Waals surface area contributed by atoms with Gasteiger partial charge in [0.1, 0.15) is 12.2 Å². The lowest BCUT2D eigenvalue weighted by Gasteiger charge is -2.30. The highest BCUT2D eigenvalue weighted by Gasteiger charge is 2.30. The van der Waals surface area contributed by atoms with Crippen molar-refractivity contribution in [2.45, 2.75) is 77.4 Å². The summed E-state index contributed by atoms with van der Waals surface area (Å²) in [6.07, 6.45) is 12.9. The number of hydrogen-bond acceptors (Lipinski definition) is 4. The molecule has 2 unspecified atom stereocenters. The zero-order chi connectivity index (χ0) is 16.2. The van der Waals surface area contributed by atoms with Crippen molar-refractivity contribution in [3.05, 3.63) is 24.3 Å². The van der Waals surface area contributed by atoms with Crippen LogP contribution in [-0.4, -0.2) is 24.1 Å². The van der Waals surface area contributed by atoms with Gasteiger partial charge in [-0.05, 0) is 38.5 Å². The van der Waals surface area contributed by atoms with Crippen LogP contribution in [0.2, 0.25) is 0 Å². The largest absolute Gasteiger partial charge is 0.458 e. The van der Waals surface area contributed by atoms with E-state index in [0.29, 0.717) is 0 Å². The molecule has 1 aliphatic rings. The molecule has 0 aliphatic heterocycles. The average Bonchev–Trinajstić information content (AvgIpc) is 2.50. The maximum absolute atomic E-state index is 11.8. The Kier molecular flexibility index (Phi) is 9.28. The van der Waals surface area contributed by atoms with Crippen molar-refractivity contribution >= 4 is 11.9 Å². The van der Waals surface area contributed by atoms with Gasteiger partial charge in [-0.1, -0.05) is 38.2 Å². The number of esters is 2. The van der Waals surface area contributed by atoms with Crippen LogP contribution >= 0.6 is 0 Å². The smallest absolute Gasteiger partial charge is 0.310 e. The molecule has 0 spiro atoms. The minimum Gasteiger partial charge on any atom is -0.458 e. The first-order chi connectivity index (χ1) is 10.7. The molecule has 0 N–H and O–H groups in total. The summed E-state index contributed by atoms with van der Waals surface area (Å²) in [6, 6.07) is 0. The normalized spacial score (nSPS) is 22.1. The molecule has 22 heavy (non-hydrogen) atoms. The van der Waals surface area contributed by atoms with Gasteiger partial charge in [-0.15, -0.1) is 0 Å². The van der Waals surface area contributed by atoms with E-state index in [1.807, 2.05) is 38.2 Å². The van der Waals surface area contributed by atoms with E-state index < -0.39 is 0 Å². The molecule has 0 saturated heterocycles. The molecule has 0 heterocycles. The van der Waals surface area contributed by atoms with Crippen LogP contribution < -0.4 is 0 Å². The second-order valence-electron chi connectivity index (χ2n) is 5.51. The van der Waals surface area contributed by atoms with Gasteiger partial charge in [-0.25, -0.2) is 0 Å². The minimum atomic E-state index is -0.296. The molecule has 0 radical (unpaired) electrons. The minimum absolute atomic E-state index is 0.247. The molecule has 2 atom stereocenters. The molecule has 1 aliphatic carbocycles. The van der Waals surface area contributed by atoms with Crippen LogP contribution in [0.5, 0.6) is 0 Å². The summed E-state index contributed by atoms with van der Waals surface area (Å²) in [6.45, 7) is 4.04. The fourth-order valence-electron chi connectivity index (χ4n) is 2.46. The monoisotopic (exact) mass is 308 g/mol. The van der Waals surface area contributed by atoms with Crippen molar-refractivity contribution < 1.29 is 19.1 Å². The van der Waals surface area contributed by atoms with E-state index in [1.165, 1.54) is 0 Å². The first-order valence-corrected chi connectivity index (χ1v) is 8.36. The number of hydrogen-bond donors (Lipinski definition) is 0. The predicted molar refractivity (Wildman–Crippen MR) is 86.3 cm³/mol. The summed E-state index contributed by atoms with van der Waals surface area (Å²) in [4.78, 5) is 23.6. The van der Waals surface area contributed by atoms with Crippen LogP contribution in [0.1, 0.15) is 65.2 Å². The molecule has 4 nitrogen and oxygen atoms in total. The summed E-state index contributed by atoms with van der Waals surface area (Å²) in [5.74, 6) is -0.493. The highest BCUT2D eigenvalue weighted by atomic mass is 16.6.